The van der Waals surface area contributed by atoms with E-state index in [-0.39, 0.29) is 36.6 Å². The molecule has 1 aromatic carbocycles. The molecule has 0 bridgehead atoms. The predicted molar refractivity (Wildman–Crippen MR) is 84.5 cm³/mol. The molecule has 126 valence electrons. The number of hydrogen-bond acceptors (Lipinski definition) is 5. The van der Waals surface area contributed by atoms with Crippen molar-refractivity contribution in [2.75, 3.05) is 25.1 Å². The summed E-state index contributed by atoms with van der Waals surface area (Å²) in [6.45, 7) is -0.0990. The Balaban J connectivity index is 1.72. The fraction of sp³-hybridized carbons (Fsp3) is 0.467. The highest BCUT2D eigenvalue weighted by molar-refractivity contribution is 7.91. The Morgan fingerprint density at radius 2 is 2.00 bits per heavy atom. The quantitative estimate of drug-likeness (QED) is 0.845. The van der Waals surface area contributed by atoms with Gasteiger partial charge in [-0.3, -0.25) is 4.79 Å². The van der Waals surface area contributed by atoms with E-state index in [9.17, 15) is 18.0 Å². The number of hydrogen-bond donors (Lipinski definition) is 1. The molecule has 1 heterocycles. The van der Waals surface area contributed by atoms with E-state index in [1.165, 1.54) is 4.90 Å². The van der Waals surface area contributed by atoms with Crippen molar-refractivity contribution >= 4 is 21.8 Å². The molecule has 1 aromatic rings. The molecule has 0 radical (unpaired) electrons. The van der Waals surface area contributed by atoms with Gasteiger partial charge in [-0.25, -0.2) is 13.2 Å². The van der Waals surface area contributed by atoms with Crippen LogP contribution in [0.3, 0.4) is 0 Å². The first-order valence-electron chi connectivity index (χ1n) is 7.28. The van der Waals surface area contributed by atoms with Gasteiger partial charge in [0.2, 0.25) is 5.91 Å². The van der Waals surface area contributed by atoms with Crippen LogP contribution in [0.4, 0.5) is 4.79 Å². The lowest BCUT2D eigenvalue weighted by Gasteiger charge is -2.23. The number of carbonyl (C=O) groups excluding carboxylic acids is 2. The summed E-state index contributed by atoms with van der Waals surface area (Å²) in [5, 5.41) is 2.38. The normalized spacial score (nSPS) is 19.1. The number of amides is 2. The number of carbonyl (C=O) groups is 2. The second-order valence-electron chi connectivity index (χ2n) is 5.48. The molecule has 0 unspecified atom stereocenters. The van der Waals surface area contributed by atoms with Crippen molar-refractivity contribution in [2.45, 2.75) is 19.1 Å². The average Bonchev–Trinajstić information content (AvgIpc) is 2.90. The van der Waals surface area contributed by atoms with Crippen molar-refractivity contribution in [3.05, 3.63) is 35.9 Å². The summed E-state index contributed by atoms with van der Waals surface area (Å²) >= 11 is 0. The van der Waals surface area contributed by atoms with Crippen LogP contribution >= 0.6 is 0 Å². The molecule has 2 amide bonds. The lowest BCUT2D eigenvalue weighted by Crippen LogP contribution is -2.43. The minimum Gasteiger partial charge on any atom is -0.445 e. The second kappa shape index (κ2) is 7.45. The van der Waals surface area contributed by atoms with Gasteiger partial charge in [-0.05, 0) is 12.0 Å². The summed E-state index contributed by atoms with van der Waals surface area (Å²) in [6, 6.07) is 8.87. The van der Waals surface area contributed by atoms with Gasteiger partial charge < -0.3 is 15.0 Å². The minimum atomic E-state index is -3.05. The van der Waals surface area contributed by atoms with Crippen LogP contribution in [0.5, 0.6) is 0 Å². The number of likely N-dealkylation sites (N-methyl/N-ethyl adjacent to an activating group) is 1. The Morgan fingerprint density at radius 3 is 2.61 bits per heavy atom. The Hall–Kier alpha value is -2.09. The molecule has 2 rings (SSSR count). The van der Waals surface area contributed by atoms with Gasteiger partial charge >= 0.3 is 6.09 Å². The zero-order chi connectivity index (χ0) is 16.9. The Bertz CT molecular complexity index is 660. The van der Waals surface area contributed by atoms with Crippen molar-refractivity contribution in [1.29, 1.82) is 0 Å². The van der Waals surface area contributed by atoms with Crippen LogP contribution in [0, 0.1) is 0 Å². The summed E-state index contributed by atoms with van der Waals surface area (Å²) < 4.78 is 27.9. The minimum absolute atomic E-state index is 0.0201. The van der Waals surface area contributed by atoms with E-state index in [0.717, 1.165) is 5.56 Å². The van der Waals surface area contributed by atoms with E-state index in [2.05, 4.69) is 5.32 Å². The maximum Gasteiger partial charge on any atom is 0.407 e. The molecule has 23 heavy (non-hydrogen) atoms. The lowest BCUT2D eigenvalue weighted by molar-refractivity contribution is -0.130. The SMILES string of the molecule is CN(C(=O)CNC(=O)OCc1ccccc1)[C@H]1CCS(=O)(=O)C1. The summed E-state index contributed by atoms with van der Waals surface area (Å²) in [6.07, 6.45) is -0.252. The number of benzene rings is 1. The van der Waals surface area contributed by atoms with Gasteiger partial charge in [0.05, 0.1) is 11.5 Å². The second-order valence-corrected chi connectivity index (χ2v) is 7.71. The molecule has 8 heteroatoms. The monoisotopic (exact) mass is 340 g/mol. The molecule has 1 atom stereocenters. The number of ether oxygens (including phenoxy) is 1. The van der Waals surface area contributed by atoms with Gasteiger partial charge in [-0.15, -0.1) is 0 Å². The molecule has 1 aliphatic rings. The molecule has 0 aliphatic carbocycles. The van der Waals surface area contributed by atoms with Crippen LogP contribution in [0.1, 0.15) is 12.0 Å². The first kappa shape index (κ1) is 17.3. The number of nitrogens with one attached hydrogen (secondary N) is 1. The van der Waals surface area contributed by atoms with Crippen LogP contribution in [-0.4, -0.2) is 56.5 Å². The summed E-state index contributed by atoms with van der Waals surface area (Å²) in [7, 11) is -1.50. The van der Waals surface area contributed by atoms with Crippen LogP contribution in [0.15, 0.2) is 30.3 Å². The largest absolute Gasteiger partial charge is 0.445 e. The van der Waals surface area contributed by atoms with E-state index in [1.807, 2.05) is 30.3 Å². The fourth-order valence-electron chi connectivity index (χ4n) is 2.33. The topological polar surface area (TPSA) is 92.8 Å². The molecule has 1 saturated heterocycles. The highest BCUT2D eigenvalue weighted by Crippen LogP contribution is 2.16. The fourth-order valence-corrected chi connectivity index (χ4v) is 4.11. The average molecular weight is 340 g/mol. The lowest BCUT2D eigenvalue weighted by atomic mass is 10.2. The molecule has 0 spiro atoms. The summed E-state index contributed by atoms with van der Waals surface area (Å²) in [5.74, 6) is -0.265. The van der Waals surface area contributed by atoms with Crippen molar-refractivity contribution in [3.8, 4) is 0 Å². The van der Waals surface area contributed by atoms with Gasteiger partial charge in [-0.1, -0.05) is 30.3 Å². The van der Waals surface area contributed by atoms with Gasteiger partial charge in [0.15, 0.2) is 9.84 Å². The number of alkyl carbamates (subject to hydrolysis) is 1. The molecule has 1 fully saturated rings. The zero-order valence-electron chi connectivity index (χ0n) is 12.9. The number of nitrogens with zero attached hydrogens (tertiary/aromatic N) is 1. The zero-order valence-corrected chi connectivity index (χ0v) is 13.7. The Labute approximate surface area is 135 Å². The van der Waals surface area contributed by atoms with Gasteiger partial charge in [0, 0.05) is 13.1 Å². The van der Waals surface area contributed by atoms with Crippen LogP contribution < -0.4 is 5.32 Å². The van der Waals surface area contributed by atoms with E-state index < -0.39 is 15.9 Å². The van der Waals surface area contributed by atoms with Gasteiger partial charge in [0.1, 0.15) is 13.2 Å². The van der Waals surface area contributed by atoms with E-state index >= 15 is 0 Å². The summed E-state index contributed by atoms with van der Waals surface area (Å²) in [5.41, 5.74) is 0.849. The molecular formula is C15H20N2O5S. The van der Waals surface area contributed by atoms with Crippen molar-refractivity contribution in [3.63, 3.8) is 0 Å². The number of sulfone groups is 1. The standard InChI is InChI=1S/C15H20N2O5S/c1-17(13-7-8-23(20,21)11-13)14(18)9-16-15(19)22-10-12-5-3-2-4-6-12/h2-6,13H,7-11H2,1H3,(H,16,19)/t13-/m0/s1. The maximum atomic E-state index is 12.0. The molecule has 7 nitrogen and oxygen atoms in total. The third-order valence-corrected chi connectivity index (χ3v) is 5.50. The number of rotatable bonds is 5. The first-order valence-corrected chi connectivity index (χ1v) is 9.10. The van der Waals surface area contributed by atoms with E-state index in [4.69, 9.17) is 4.74 Å². The van der Waals surface area contributed by atoms with E-state index in [1.54, 1.807) is 7.05 Å². The third-order valence-electron chi connectivity index (χ3n) is 3.75. The van der Waals surface area contributed by atoms with Crippen LogP contribution in [0.25, 0.3) is 0 Å². The highest BCUT2D eigenvalue weighted by Gasteiger charge is 2.32. The molecule has 1 N–H and O–H groups in total. The van der Waals surface area contributed by atoms with Crippen LogP contribution in [0.2, 0.25) is 0 Å². The van der Waals surface area contributed by atoms with Gasteiger partial charge in [0.25, 0.3) is 0 Å². The Kier molecular flexibility index (Phi) is 5.59. The first-order chi connectivity index (χ1) is 10.9. The van der Waals surface area contributed by atoms with Crippen molar-refractivity contribution < 1.29 is 22.7 Å². The van der Waals surface area contributed by atoms with Crippen molar-refractivity contribution in [1.82, 2.24) is 10.2 Å². The van der Waals surface area contributed by atoms with E-state index in [0.29, 0.717) is 6.42 Å². The highest BCUT2D eigenvalue weighted by atomic mass is 32.2. The Morgan fingerprint density at radius 1 is 1.30 bits per heavy atom. The molecule has 0 aromatic heterocycles. The summed E-state index contributed by atoms with van der Waals surface area (Å²) in [4.78, 5) is 24.9. The maximum absolute atomic E-state index is 12.0. The smallest absolute Gasteiger partial charge is 0.407 e. The third kappa shape index (κ3) is 5.24. The molecule has 0 saturated carbocycles. The van der Waals surface area contributed by atoms with Crippen LogP contribution in [-0.2, 0) is 26.0 Å². The molecule has 1 aliphatic heterocycles. The van der Waals surface area contributed by atoms with Gasteiger partial charge in [-0.2, -0.15) is 0 Å². The van der Waals surface area contributed by atoms with Crippen molar-refractivity contribution in [2.24, 2.45) is 0 Å². The molecular weight excluding hydrogens is 320 g/mol. The predicted octanol–water partition coefficient (Wildman–Crippen LogP) is 0.558.